The largest absolute Gasteiger partial charge is 0.481 e. The minimum absolute atomic E-state index is 0.121. The van der Waals surface area contributed by atoms with E-state index in [4.69, 9.17) is 16.3 Å². The number of halogens is 1. The molecule has 0 spiro atoms. The van der Waals surface area contributed by atoms with E-state index in [9.17, 15) is 4.79 Å². The number of hydrogen-bond acceptors (Lipinski definition) is 3. The molecule has 1 heterocycles. The van der Waals surface area contributed by atoms with Crippen LogP contribution in [0, 0.1) is 0 Å². The van der Waals surface area contributed by atoms with Gasteiger partial charge in [-0.2, -0.15) is 0 Å². The highest BCUT2D eigenvalue weighted by molar-refractivity contribution is 6.30. The zero-order chi connectivity index (χ0) is 15.6. The van der Waals surface area contributed by atoms with Crippen molar-refractivity contribution >= 4 is 17.5 Å². The molecule has 114 valence electrons. The zero-order valence-corrected chi connectivity index (χ0v) is 13.1. The summed E-state index contributed by atoms with van der Waals surface area (Å²) in [6.07, 6.45) is 4.50. The van der Waals surface area contributed by atoms with Crippen molar-refractivity contribution in [2.75, 3.05) is 7.11 Å². The van der Waals surface area contributed by atoms with Crippen LogP contribution in [0.25, 0.3) is 0 Å². The molecule has 1 aliphatic carbocycles. The third kappa shape index (κ3) is 2.79. The van der Waals surface area contributed by atoms with Crippen molar-refractivity contribution in [1.82, 2.24) is 10.3 Å². The molecular formula is C17H17ClN2O2. The topological polar surface area (TPSA) is 51.2 Å². The van der Waals surface area contributed by atoms with Gasteiger partial charge in [0, 0.05) is 17.3 Å². The average Bonchev–Trinajstić information content (AvgIpc) is 2.52. The van der Waals surface area contributed by atoms with Crippen LogP contribution in [0.4, 0.5) is 0 Å². The predicted octanol–water partition coefficient (Wildman–Crippen LogP) is 3.55. The maximum Gasteiger partial charge on any atom is 0.253 e. The molecule has 1 fully saturated rings. The van der Waals surface area contributed by atoms with Crippen LogP contribution in [-0.4, -0.2) is 18.0 Å². The van der Waals surface area contributed by atoms with E-state index < -0.39 is 0 Å². The van der Waals surface area contributed by atoms with Gasteiger partial charge in [-0.05, 0) is 43.0 Å². The molecule has 1 amide bonds. The highest BCUT2D eigenvalue weighted by Gasteiger charge is 2.40. The first kappa shape index (κ1) is 14.9. The fraction of sp³-hybridized carbons (Fsp3) is 0.294. The van der Waals surface area contributed by atoms with Gasteiger partial charge in [0.2, 0.25) is 5.88 Å². The van der Waals surface area contributed by atoms with Crippen molar-refractivity contribution in [3.05, 3.63) is 58.7 Å². The van der Waals surface area contributed by atoms with Gasteiger partial charge in [0.15, 0.2) is 0 Å². The number of hydrogen-bond donors (Lipinski definition) is 1. The molecule has 1 saturated carbocycles. The van der Waals surface area contributed by atoms with Crippen molar-refractivity contribution in [1.29, 1.82) is 0 Å². The number of carbonyl (C=O) groups is 1. The van der Waals surface area contributed by atoms with E-state index in [0.717, 1.165) is 24.8 Å². The summed E-state index contributed by atoms with van der Waals surface area (Å²) in [6, 6.07) is 11.1. The van der Waals surface area contributed by atoms with Gasteiger partial charge >= 0.3 is 0 Å². The van der Waals surface area contributed by atoms with Crippen molar-refractivity contribution in [2.24, 2.45) is 0 Å². The number of ether oxygens (including phenoxy) is 1. The number of rotatable bonds is 4. The molecule has 1 aromatic carbocycles. The quantitative estimate of drug-likeness (QED) is 0.938. The van der Waals surface area contributed by atoms with E-state index >= 15 is 0 Å². The summed E-state index contributed by atoms with van der Waals surface area (Å²) >= 11 is 5.95. The van der Waals surface area contributed by atoms with Crippen molar-refractivity contribution in [3.8, 4) is 5.88 Å². The van der Waals surface area contributed by atoms with Gasteiger partial charge in [-0.15, -0.1) is 0 Å². The Bertz CT molecular complexity index is 664. The van der Waals surface area contributed by atoms with E-state index in [1.807, 2.05) is 24.3 Å². The number of amides is 1. The molecular weight excluding hydrogens is 300 g/mol. The Morgan fingerprint density at radius 3 is 2.45 bits per heavy atom. The number of aromatic nitrogens is 1. The second kappa shape index (κ2) is 5.97. The van der Waals surface area contributed by atoms with Gasteiger partial charge in [0.1, 0.15) is 0 Å². The van der Waals surface area contributed by atoms with E-state index in [2.05, 4.69) is 10.3 Å². The molecule has 1 aromatic heterocycles. The number of benzene rings is 1. The highest BCUT2D eigenvalue weighted by atomic mass is 35.5. The minimum Gasteiger partial charge on any atom is -0.481 e. The van der Waals surface area contributed by atoms with Crippen LogP contribution in [0.15, 0.2) is 42.6 Å². The van der Waals surface area contributed by atoms with Gasteiger partial charge in [0.05, 0.1) is 18.2 Å². The molecule has 0 atom stereocenters. The van der Waals surface area contributed by atoms with Crippen LogP contribution < -0.4 is 10.1 Å². The van der Waals surface area contributed by atoms with Gasteiger partial charge in [-0.3, -0.25) is 4.79 Å². The molecule has 0 aliphatic heterocycles. The molecule has 0 bridgehead atoms. The maximum atomic E-state index is 12.5. The number of nitrogens with zero attached hydrogens (tertiary/aromatic N) is 1. The van der Waals surface area contributed by atoms with Gasteiger partial charge in [-0.25, -0.2) is 4.98 Å². The average molecular weight is 317 g/mol. The first-order chi connectivity index (χ1) is 10.6. The summed E-state index contributed by atoms with van der Waals surface area (Å²) in [4.78, 5) is 16.6. The van der Waals surface area contributed by atoms with Gasteiger partial charge in [0.25, 0.3) is 5.91 Å². The molecule has 0 unspecified atom stereocenters. The van der Waals surface area contributed by atoms with Crippen LogP contribution in [-0.2, 0) is 5.54 Å². The first-order valence-electron chi connectivity index (χ1n) is 7.22. The molecule has 5 heteroatoms. The Morgan fingerprint density at radius 1 is 1.23 bits per heavy atom. The lowest BCUT2D eigenvalue weighted by atomic mass is 9.71. The Morgan fingerprint density at radius 2 is 1.95 bits per heavy atom. The Kier molecular flexibility index (Phi) is 4.03. The van der Waals surface area contributed by atoms with E-state index in [-0.39, 0.29) is 11.4 Å². The molecule has 1 aliphatic rings. The lowest BCUT2D eigenvalue weighted by Gasteiger charge is -2.43. The van der Waals surface area contributed by atoms with Crippen LogP contribution in [0.3, 0.4) is 0 Å². The summed E-state index contributed by atoms with van der Waals surface area (Å²) < 4.78 is 5.01. The second-order valence-corrected chi connectivity index (χ2v) is 5.92. The monoisotopic (exact) mass is 316 g/mol. The van der Waals surface area contributed by atoms with E-state index in [0.29, 0.717) is 16.5 Å². The molecule has 3 rings (SSSR count). The summed E-state index contributed by atoms with van der Waals surface area (Å²) in [5.41, 5.74) is 1.33. The molecule has 0 radical (unpaired) electrons. The SMILES string of the molecule is COc1ccc(C(=O)NC2(c3ccc(Cl)cc3)CCC2)cn1. The third-order valence-corrected chi connectivity index (χ3v) is 4.42. The van der Waals surface area contributed by atoms with E-state index in [1.54, 1.807) is 19.2 Å². The Balaban J connectivity index is 1.79. The summed E-state index contributed by atoms with van der Waals surface area (Å²) in [5.74, 6) is 0.373. The van der Waals surface area contributed by atoms with Crippen LogP contribution in [0.1, 0.15) is 35.2 Å². The highest BCUT2D eigenvalue weighted by Crippen LogP contribution is 2.41. The van der Waals surface area contributed by atoms with E-state index in [1.165, 1.54) is 6.20 Å². The van der Waals surface area contributed by atoms with Crippen LogP contribution in [0.5, 0.6) is 5.88 Å². The number of methoxy groups -OCH3 is 1. The van der Waals surface area contributed by atoms with Crippen LogP contribution >= 0.6 is 11.6 Å². The van der Waals surface area contributed by atoms with Crippen molar-refractivity contribution in [3.63, 3.8) is 0 Å². The Hall–Kier alpha value is -2.07. The lowest BCUT2D eigenvalue weighted by molar-refractivity contribution is 0.0823. The second-order valence-electron chi connectivity index (χ2n) is 5.49. The third-order valence-electron chi connectivity index (χ3n) is 4.16. The smallest absolute Gasteiger partial charge is 0.253 e. The molecule has 4 nitrogen and oxygen atoms in total. The molecule has 2 aromatic rings. The Labute approximate surface area is 134 Å². The van der Waals surface area contributed by atoms with Crippen LogP contribution in [0.2, 0.25) is 5.02 Å². The summed E-state index contributed by atoms with van der Waals surface area (Å²) in [5, 5.41) is 3.85. The van der Waals surface area contributed by atoms with Gasteiger partial charge in [-0.1, -0.05) is 23.7 Å². The number of carbonyl (C=O) groups excluding carboxylic acids is 1. The maximum absolute atomic E-state index is 12.5. The molecule has 1 N–H and O–H groups in total. The number of pyridine rings is 1. The normalized spacial score (nSPS) is 15.7. The fourth-order valence-electron chi connectivity index (χ4n) is 2.71. The summed E-state index contributed by atoms with van der Waals surface area (Å²) in [7, 11) is 1.55. The standard InChI is InChI=1S/C17H17ClN2O2/c1-22-15-8-3-12(11-19-15)16(21)20-17(9-2-10-17)13-4-6-14(18)7-5-13/h3-8,11H,2,9-10H2,1H3,(H,20,21). The summed E-state index contributed by atoms with van der Waals surface area (Å²) in [6.45, 7) is 0. The van der Waals surface area contributed by atoms with Gasteiger partial charge < -0.3 is 10.1 Å². The zero-order valence-electron chi connectivity index (χ0n) is 12.3. The first-order valence-corrected chi connectivity index (χ1v) is 7.59. The van der Waals surface area contributed by atoms with Crippen molar-refractivity contribution in [2.45, 2.75) is 24.8 Å². The fourth-order valence-corrected chi connectivity index (χ4v) is 2.84. The van der Waals surface area contributed by atoms with Crippen molar-refractivity contribution < 1.29 is 9.53 Å². The number of nitrogens with one attached hydrogen (secondary N) is 1. The lowest BCUT2D eigenvalue weighted by Crippen LogP contribution is -2.50. The predicted molar refractivity (Wildman–Crippen MR) is 85.2 cm³/mol. The minimum atomic E-state index is -0.290. The molecule has 22 heavy (non-hydrogen) atoms. The molecule has 0 saturated heterocycles.